The van der Waals surface area contributed by atoms with Crippen LogP contribution in [0.15, 0.2) is 48.7 Å². The van der Waals surface area contributed by atoms with Crippen molar-refractivity contribution in [1.29, 1.82) is 0 Å². The summed E-state index contributed by atoms with van der Waals surface area (Å²) in [5, 5.41) is 8.06. The monoisotopic (exact) mass is 395 g/mol. The summed E-state index contributed by atoms with van der Waals surface area (Å²) in [6.07, 6.45) is 5.10. The van der Waals surface area contributed by atoms with Crippen LogP contribution in [0.25, 0.3) is 10.9 Å². The van der Waals surface area contributed by atoms with Crippen LogP contribution in [-0.2, 0) is 16.9 Å². The summed E-state index contributed by atoms with van der Waals surface area (Å²) in [5.41, 5.74) is 2.41. The van der Waals surface area contributed by atoms with Gasteiger partial charge in [-0.3, -0.25) is 5.10 Å². The number of aromatic amines is 1. The van der Waals surface area contributed by atoms with Crippen LogP contribution in [0.2, 0.25) is 0 Å². The molecule has 0 saturated heterocycles. The minimum Gasteiger partial charge on any atom is -0.373 e. The van der Waals surface area contributed by atoms with E-state index < -0.39 is 5.60 Å². The lowest BCUT2D eigenvalue weighted by molar-refractivity contribution is -0.131. The zero-order valence-corrected chi connectivity index (χ0v) is 17.5. The topological polar surface area (TPSA) is 41.1 Å². The van der Waals surface area contributed by atoms with Gasteiger partial charge in [0.2, 0.25) is 0 Å². The molecule has 1 saturated carbocycles. The SMILES string of the molecule is COC1(c2cc(F)cc3[nH]ncc23)C(C)CCCC1CN(C)Cc1ccccc1. The van der Waals surface area contributed by atoms with Gasteiger partial charge in [-0.25, -0.2) is 4.39 Å². The highest BCUT2D eigenvalue weighted by Gasteiger charge is 2.48. The third-order valence-electron chi connectivity index (χ3n) is 6.64. The van der Waals surface area contributed by atoms with Crippen LogP contribution < -0.4 is 0 Å². The molecule has 0 bridgehead atoms. The maximum atomic E-state index is 14.5. The van der Waals surface area contributed by atoms with Crippen molar-refractivity contribution in [2.24, 2.45) is 11.8 Å². The number of aromatic nitrogens is 2. The summed E-state index contributed by atoms with van der Waals surface area (Å²) >= 11 is 0. The van der Waals surface area contributed by atoms with E-state index in [0.717, 1.165) is 42.4 Å². The summed E-state index contributed by atoms with van der Waals surface area (Å²) in [4.78, 5) is 2.36. The van der Waals surface area contributed by atoms with E-state index >= 15 is 0 Å². The average molecular weight is 396 g/mol. The van der Waals surface area contributed by atoms with Crippen molar-refractivity contribution in [3.63, 3.8) is 0 Å². The van der Waals surface area contributed by atoms with E-state index in [4.69, 9.17) is 4.74 Å². The summed E-state index contributed by atoms with van der Waals surface area (Å²) < 4.78 is 20.9. The molecular weight excluding hydrogens is 365 g/mol. The molecule has 0 aliphatic heterocycles. The molecule has 0 spiro atoms. The molecule has 1 aliphatic carbocycles. The van der Waals surface area contributed by atoms with Gasteiger partial charge in [0, 0.05) is 31.5 Å². The number of rotatable bonds is 6. The molecule has 2 aromatic carbocycles. The number of benzene rings is 2. The van der Waals surface area contributed by atoms with E-state index in [9.17, 15) is 4.39 Å². The van der Waals surface area contributed by atoms with Crippen molar-refractivity contribution >= 4 is 10.9 Å². The number of fused-ring (bicyclic) bond motifs is 1. The van der Waals surface area contributed by atoms with Crippen molar-refractivity contribution < 1.29 is 9.13 Å². The van der Waals surface area contributed by atoms with Crippen LogP contribution in [0.3, 0.4) is 0 Å². The normalized spacial score (nSPS) is 25.0. The number of nitrogens with zero attached hydrogens (tertiary/aromatic N) is 2. The second kappa shape index (κ2) is 8.25. The Balaban J connectivity index is 1.71. The zero-order chi connectivity index (χ0) is 20.4. The first-order valence-electron chi connectivity index (χ1n) is 10.4. The van der Waals surface area contributed by atoms with Gasteiger partial charge in [0.25, 0.3) is 0 Å². The average Bonchev–Trinajstić information content (AvgIpc) is 3.17. The van der Waals surface area contributed by atoms with Gasteiger partial charge in [0.1, 0.15) is 11.4 Å². The summed E-state index contributed by atoms with van der Waals surface area (Å²) in [7, 11) is 3.94. The number of ether oxygens (including phenoxy) is 1. The van der Waals surface area contributed by atoms with Crippen molar-refractivity contribution in [2.45, 2.75) is 38.3 Å². The summed E-state index contributed by atoms with van der Waals surface area (Å²) in [6.45, 7) is 4.02. The van der Waals surface area contributed by atoms with Gasteiger partial charge >= 0.3 is 0 Å². The Morgan fingerprint density at radius 3 is 2.79 bits per heavy atom. The second-order valence-electron chi connectivity index (χ2n) is 8.49. The summed E-state index contributed by atoms with van der Waals surface area (Å²) in [6, 6.07) is 13.7. The number of halogens is 1. The number of H-pyrrole nitrogens is 1. The first kappa shape index (κ1) is 20.0. The van der Waals surface area contributed by atoms with Crippen molar-refractivity contribution in [2.75, 3.05) is 20.7 Å². The largest absolute Gasteiger partial charge is 0.373 e. The lowest BCUT2D eigenvalue weighted by Crippen LogP contribution is -2.49. The quantitative estimate of drug-likeness (QED) is 0.630. The highest BCUT2D eigenvalue weighted by atomic mass is 19.1. The van der Waals surface area contributed by atoms with E-state index in [1.54, 1.807) is 19.4 Å². The maximum absolute atomic E-state index is 14.5. The molecule has 154 valence electrons. The maximum Gasteiger partial charge on any atom is 0.125 e. The summed E-state index contributed by atoms with van der Waals surface area (Å²) in [5.74, 6) is 0.309. The second-order valence-corrected chi connectivity index (χ2v) is 8.49. The van der Waals surface area contributed by atoms with Crippen molar-refractivity contribution in [1.82, 2.24) is 15.1 Å². The number of hydrogen-bond donors (Lipinski definition) is 1. The molecule has 1 aromatic heterocycles. The predicted molar refractivity (Wildman–Crippen MR) is 114 cm³/mol. The number of nitrogens with one attached hydrogen (secondary N) is 1. The lowest BCUT2D eigenvalue weighted by atomic mass is 9.64. The van der Waals surface area contributed by atoms with E-state index in [1.807, 2.05) is 6.07 Å². The standard InChI is InChI=1S/C24H30FN3O/c1-17-8-7-11-19(16-28(2)15-18-9-5-4-6-10-18)24(17,29-3)22-12-20(25)13-23-21(22)14-26-27-23/h4-6,9-10,12-14,17,19H,7-8,11,15-16H2,1-3H3,(H,26,27). The van der Waals surface area contributed by atoms with E-state index in [1.165, 1.54) is 18.1 Å². The Bertz CT molecular complexity index is 957. The smallest absolute Gasteiger partial charge is 0.125 e. The van der Waals surface area contributed by atoms with Gasteiger partial charge in [-0.2, -0.15) is 5.10 Å². The molecule has 1 heterocycles. The van der Waals surface area contributed by atoms with Gasteiger partial charge in [-0.05, 0) is 49.1 Å². The van der Waals surface area contributed by atoms with Crippen molar-refractivity contribution in [3.05, 3.63) is 65.6 Å². The molecule has 4 rings (SSSR count). The lowest BCUT2D eigenvalue weighted by Gasteiger charge is -2.49. The van der Waals surface area contributed by atoms with Gasteiger partial charge < -0.3 is 9.64 Å². The molecule has 1 aliphatic rings. The van der Waals surface area contributed by atoms with E-state index in [-0.39, 0.29) is 17.7 Å². The van der Waals surface area contributed by atoms with Gasteiger partial charge in [0.05, 0.1) is 11.7 Å². The molecule has 3 aromatic rings. The fourth-order valence-electron chi connectivity index (χ4n) is 5.37. The van der Waals surface area contributed by atoms with E-state index in [2.05, 4.69) is 53.3 Å². The van der Waals surface area contributed by atoms with Crippen LogP contribution in [-0.4, -0.2) is 35.8 Å². The number of methoxy groups -OCH3 is 1. The zero-order valence-electron chi connectivity index (χ0n) is 17.5. The first-order valence-corrected chi connectivity index (χ1v) is 10.4. The van der Waals surface area contributed by atoms with Crippen LogP contribution >= 0.6 is 0 Å². The fourth-order valence-corrected chi connectivity index (χ4v) is 5.37. The minimum atomic E-state index is -0.534. The Morgan fingerprint density at radius 1 is 1.24 bits per heavy atom. The molecule has 29 heavy (non-hydrogen) atoms. The van der Waals surface area contributed by atoms with Crippen LogP contribution in [0.4, 0.5) is 4.39 Å². The Hall–Kier alpha value is -2.24. The minimum absolute atomic E-state index is 0.248. The molecule has 1 N–H and O–H groups in total. The van der Waals surface area contributed by atoms with Gasteiger partial charge in [-0.1, -0.05) is 43.7 Å². The predicted octanol–water partition coefficient (Wildman–Crippen LogP) is 5.11. The molecule has 0 radical (unpaired) electrons. The third-order valence-corrected chi connectivity index (χ3v) is 6.64. The Morgan fingerprint density at radius 2 is 2.03 bits per heavy atom. The molecular formula is C24H30FN3O. The number of hydrogen-bond acceptors (Lipinski definition) is 3. The molecule has 3 atom stereocenters. The molecule has 1 fully saturated rings. The third kappa shape index (κ3) is 3.69. The van der Waals surface area contributed by atoms with Gasteiger partial charge in [-0.15, -0.1) is 0 Å². The van der Waals surface area contributed by atoms with Crippen LogP contribution in [0.5, 0.6) is 0 Å². The molecule has 5 heteroatoms. The highest BCUT2D eigenvalue weighted by Crippen LogP contribution is 2.50. The Labute approximate surface area is 172 Å². The molecule has 4 nitrogen and oxygen atoms in total. The van der Waals surface area contributed by atoms with Crippen molar-refractivity contribution in [3.8, 4) is 0 Å². The molecule has 0 amide bonds. The van der Waals surface area contributed by atoms with E-state index in [0.29, 0.717) is 0 Å². The first-order chi connectivity index (χ1) is 14.0. The highest BCUT2D eigenvalue weighted by molar-refractivity contribution is 5.82. The Kier molecular flexibility index (Phi) is 5.70. The fraction of sp³-hybridized carbons (Fsp3) is 0.458. The van der Waals surface area contributed by atoms with Crippen LogP contribution in [0, 0.1) is 17.7 Å². The van der Waals surface area contributed by atoms with Gasteiger partial charge in [0.15, 0.2) is 0 Å². The van der Waals surface area contributed by atoms with Crippen LogP contribution in [0.1, 0.15) is 37.3 Å². The molecule has 3 unspecified atom stereocenters.